The van der Waals surface area contributed by atoms with Crippen LogP contribution in [0.4, 0.5) is 13.2 Å². The van der Waals surface area contributed by atoms with E-state index < -0.39 is 33.6 Å². The molecule has 0 aliphatic carbocycles. The topological polar surface area (TPSA) is 102 Å². The van der Waals surface area contributed by atoms with Gasteiger partial charge >= 0.3 is 15.6 Å². The lowest BCUT2D eigenvalue weighted by Gasteiger charge is -2.11. The smallest absolute Gasteiger partial charge is 0.376 e. The highest BCUT2D eigenvalue weighted by Crippen LogP contribution is 2.29. The van der Waals surface area contributed by atoms with Crippen molar-refractivity contribution in [3.8, 4) is 5.75 Å². The SMILES string of the molecule is CC(O)OCCNC(=O)Cc1ccc(OS(=O)(=O)C(F)(F)F)cc1Cl. The van der Waals surface area contributed by atoms with Crippen LogP contribution in [0.3, 0.4) is 0 Å². The van der Waals surface area contributed by atoms with Crippen LogP contribution in [0, 0.1) is 0 Å². The molecule has 12 heteroatoms. The van der Waals surface area contributed by atoms with Crippen molar-refractivity contribution in [2.24, 2.45) is 0 Å². The maximum atomic E-state index is 12.2. The number of benzene rings is 1. The minimum atomic E-state index is -5.80. The summed E-state index contributed by atoms with van der Waals surface area (Å²) in [6, 6.07) is 2.99. The third kappa shape index (κ3) is 7.06. The number of nitrogens with one attached hydrogen (secondary N) is 1. The average molecular weight is 406 g/mol. The molecule has 0 heterocycles. The molecule has 0 spiro atoms. The van der Waals surface area contributed by atoms with Gasteiger partial charge in [-0.2, -0.15) is 21.6 Å². The van der Waals surface area contributed by atoms with E-state index in [1.165, 1.54) is 13.0 Å². The van der Waals surface area contributed by atoms with Gasteiger partial charge in [0.15, 0.2) is 6.29 Å². The Labute approximate surface area is 146 Å². The Hall–Kier alpha value is -1.56. The molecule has 25 heavy (non-hydrogen) atoms. The minimum Gasteiger partial charge on any atom is -0.376 e. The van der Waals surface area contributed by atoms with Crippen molar-refractivity contribution in [3.63, 3.8) is 0 Å². The molecule has 0 fully saturated rings. The number of amides is 1. The van der Waals surface area contributed by atoms with Crippen molar-refractivity contribution < 1.29 is 40.4 Å². The van der Waals surface area contributed by atoms with Gasteiger partial charge in [-0.25, -0.2) is 0 Å². The van der Waals surface area contributed by atoms with Gasteiger partial charge in [0.05, 0.1) is 13.0 Å². The summed E-state index contributed by atoms with van der Waals surface area (Å²) >= 11 is 5.83. The molecule has 0 saturated heterocycles. The van der Waals surface area contributed by atoms with E-state index in [0.717, 1.165) is 12.1 Å². The van der Waals surface area contributed by atoms with Crippen LogP contribution >= 0.6 is 11.6 Å². The van der Waals surface area contributed by atoms with Crippen molar-refractivity contribution in [1.82, 2.24) is 5.32 Å². The second kappa shape index (κ2) is 8.70. The third-order valence-electron chi connectivity index (χ3n) is 2.65. The maximum Gasteiger partial charge on any atom is 0.534 e. The van der Waals surface area contributed by atoms with Gasteiger partial charge in [0, 0.05) is 17.6 Å². The summed E-state index contributed by atoms with van der Waals surface area (Å²) in [6.07, 6.45) is -1.16. The average Bonchev–Trinajstić information content (AvgIpc) is 2.45. The normalized spacial score (nSPS) is 13.4. The molecule has 1 amide bonds. The lowest BCUT2D eigenvalue weighted by molar-refractivity contribution is -0.122. The molecule has 2 N–H and O–H groups in total. The number of alkyl halides is 3. The Kier molecular flexibility index (Phi) is 7.47. The van der Waals surface area contributed by atoms with Gasteiger partial charge < -0.3 is 19.3 Å². The number of carbonyl (C=O) groups excluding carboxylic acids is 1. The summed E-state index contributed by atoms with van der Waals surface area (Å²) in [4.78, 5) is 11.7. The fraction of sp³-hybridized carbons (Fsp3) is 0.462. The Morgan fingerprint density at radius 2 is 2.04 bits per heavy atom. The molecule has 0 aromatic heterocycles. The van der Waals surface area contributed by atoms with Crippen molar-refractivity contribution in [2.75, 3.05) is 13.2 Å². The first kappa shape index (κ1) is 21.5. The Morgan fingerprint density at radius 3 is 2.56 bits per heavy atom. The largest absolute Gasteiger partial charge is 0.534 e. The van der Waals surface area contributed by atoms with Crippen LogP contribution in [-0.4, -0.2) is 44.4 Å². The number of aliphatic hydroxyl groups is 1. The monoisotopic (exact) mass is 405 g/mol. The third-order valence-corrected chi connectivity index (χ3v) is 3.98. The summed E-state index contributed by atoms with van der Waals surface area (Å²) in [5.41, 5.74) is -5.31. The molecule has 1 aromatic carbocycles. The van der Waals surface area contributed by atoms with Crippen LogP contribution in [0.25, 0.3) is 0 Å². The van der Waals surface area contributed by atoms with Crippen LogP contribution in [-0.2, 0) is 26.1 Å². The van der Waals surface area contributed by atoms with Gasteiger partial charge in [-0.1, -0.05) is 17.7 Å². The predicted octanol–water partition coefficient (Wildman–Crippen LogP) is 1.58. The highest BCUT2D eigenvalue weighted by atomic mass is 35.5. The Balaban J connectivity index is 2.66. The highest BCUT2D eigenvalue weighted by Gasteiger charge is 2.48. The molecule has 0 radical (unpaired) electrons. The van der Waals surface area contributed by atoms with E-state index in [0.29, 0.717) is 0 Å². The molecule has 1 atom stereocenters. The molecular formula is C13H15ClF3NO6S. The second-order valence-corrected chi connectivity index (χ2v) is 6.68. The molecule has 1 aromatic rings. The molecule has 0 aliphatic heterocycles. The number of halogens is 4. The number of aliphatic hydroxyl groups excluding tert-OH is 1. The first-order chi connectivity index (χ1) is 11.4. The van der Waals surface area contributed by atoms with Gasteiger partial charge in [0.1, 0.15) is 5.75 Å². The lowest BCUT2D eigenvalue weighted by atomic mass is 10.1. The van der Waals surface area contributed by atoms with E-state index in [1.54, 1.807) is 0 Å². The summed E-state index contributed by atoms with van der Waals surface area (Å²) in [7, 11) is -5.80. The molecular weight excluding hydrogens is 391 g/mol. The van der Waals surface area contributed by atoms with Gasteiger partial charge in [-0.15, -0.1) is 0 Å². The van der Waals surface area contributed by atoms with E-state index in [-0.39, 0.29) is 30.2 Å². The molecule has 0 saturated carbocycles. The number of hydrogen-bond donors (Lipinski definition) is 2. The molecule has 142 valence electrons. The Bertz CT molecular complexity index is 708. The van der Waals surface area contributed by atoms with Gasteiger partial charge in [0.2, 0.25) is 5.91 Å². The quantitative estimate of drug-likeness (QED) is 0.295. The van der Waals surface area contributed by atoms with E-state index >= 15 is 0 Å². The summed E-state index contributed by atoms with van der Waals surface area (Å²) in [6.45, 7) is 1.62. The molecule has 0 aliphatic rings. The van der Waals surface area contributed by atoms with E-state index in [2.05, 4.69) is 9.50 Å². The van der Waals surface area contributed by atoms with Crippen molar-refractivity contribution in [2.45, 2.75) is 25.1 Å². The highest BCUT2D eigenvalue weighted by molar-refractivity contribution is 7.88. The van der Waals surface area contributed by atoms with Crippen molar-refractivity contribution in [1.29, 1.82) is 0 Å². The van der Waals surface area contributed by atoms with Crippen LogP contribution < -0.4 is 9.50 Å². The number of hydrogen-bond acceptors (Lipinski definition) is 6. The standard InChI is InChI=1S/C13H15ClF3NO6S/c1-8(19)23-5-4-18-12(20)6-9-2-3-10(7-11(9)14)24-25(21,22)13(15,16)17/h2-3,7-8,19H,4-6H2,1H3,(H,18,20). The molecule has 1 unspecified atom stereocenters. The fourth-order valence-corrected chi connectivity index (χ4v) is 2.24. The molecule has 1 rings (SSSR count). The summed E-state index contributed by atoms with van der Waals surface area (Å²) in [5, 5.41) is 11.2. The zero-order chi connectivity index (χ0) is 19.3. The van der Waals surface area contributed by atoms with E-state index in [4.69, 9.17) is 21.4 Å². The number of rotatable bonds is 8. The number of ether oxygens (including phenoxy) is 1. The van der Waals surface area contributed by atoms with Gasteiger partial charge in [-0.05, 0) is 18.6 Å². The first-order valence-corrected chi connectivity index (χ1v) is 8.56. The molecule has 0 bridgehead atoms. The van der Waals surface area contributed by atoms with Crippen LogP contribution in [0.15, 0.2) is 18.2 Å². The number of carbonyl (C=O) groups is 1. The van der Waals surface area contributed by atoms with Crippen molar-refractivity contribution in [3.05, 3.63) is 28.8 Å². The zero-order valence-corrected chi connectivity index (χ0v) is 14.4. The van der Waals surface area contributed by atoms with E-state index in [1.807, 2.05) is 0 Å². The second-order valence-electron chi connectivity index (χ2n) is 4.73. The minimum absolute atomic E-state index is 0.0826. The van der Waals surface area contributed by atoms with Crippen LogP contribution in [0.1, 0.15) is 12.5 Å². The van der Waals surface area contributed by atoms with Gasteiger partial charge in [0.25, 0.3) is 0 Å². The van der Waals surface area contributed by atoms with Crippen LogP contribution in [0.2, 0.25) is 5.02 Å². The van der Waals surface area contributed by atoms with E-state index in [9.17, 15) is 26.4 Å². The van der Waals surface area contributed by atoms with Crippen LogP contribution in [0.5, 0.6) is 5.75 Å². The fourth-order valence-electron chi connectivity index (χ4n) is 1.55. The first-order valence-electron chi connectivity index (χ1n) is 6.78. The lowest BCUT2D eigenvalue weighted by Crippen LogP contribution is -2.29. The Morgan fingerprint density at radius 1 is 1.40 bits per heavy atom. The maximum absolute atomic E-state index is 12.2. The summed E-state index contributed by atoms with van der Waals surface area (Å²) < 4.78 is 67.3. The molecule has 7 nitrogen and oxygen atoms in total. The van der Waals surface area contributed by atoms with Crippen molar-refractivity contribution >= 4 is 27.6 Å². The predicted molar refractivity (Wildman–Crippen MR) is 81.4 cm³/mol. The summed E-state index contributed by atoms with van der Waals surface area (Å²) in [5.74, 6) is -1.08. The van der Waals surface area contributed by atoms with Gasteiger partial charge in [-0.3, -0.25) is 4.79 Å². The zero-order valence-electron chi connectivity index (χ0n) is 12.8.